The minimum Gasteiger partial charge on any atom is -0.492 e. The molecule has 0 spiro atoms. The quantitative estimate of drug-likeness (QED) is 0.804. The lowest BCUT2D eigenvalue weighted by atomic mass is 10.0. The zero-order valence-corrected chi connectivity index (χ0v) is 14.2. The predicted octanol–water partition coefficient (Wildman–Crippen LogP) is 3.26. The van der Waals surface area contributed by atoms with Crippen LogP contribution < -0.4 is 10.5 Å². The molecule has 0 bridgehead atoms. The first-order chi connectivity index (χ1) is 10.2. The van der Waals surface area contributed by atoms with E-state index in [4.69, 9.17) is 22.1 Å². The summed E-state index contributed by atoms with van der Waals surface area (Å²) in [5.41, 5.74) is 5.75. The number of carbonyl (C=O) groups is 1. The molecule has 1 aromatic rings. The van der Waals surface area contributed by atoms with Gasteiger partial charge in [-0.2, -0.15) is 0 Å². The Bertz CT molecular complexity index is 471. The molecular weight excluding hydrogens is 323 g/mol. The van der Waals surface area contributed by atoms with Crippen molar-refractivity contribution in [1.82, 2.24) is 4.90 Å². The summed E-state index contributed by atoms with van der Waals surface area (Å²) >= 11 is 6.01. The van der Waals surface area contributed by atoms with E-state index in [0.29, 0.717) is 36.8 Å². The number of nitrogens with two attached hydrogens (primary N) is 1. The van der Waals surface area contributed by atoms with E-state index >= 15 is 0 Å². The van der Waals surface area contributed by atoms with E-state index in [1.165, 1.54) is 6.42 Å². The van der Waals surface area contributed by atoms with Crippen LogP contribution in [0.5, 0.6) is 5.75 Å². The molecule has 124 valence electrons. The van der Waals surface area contributed by atoms with E-state index in [9.17, 15) is 4.79 Å². The zero-order chi connectivity index (χ0) is 15.1. The first kappa shape index (κ1) is 19.1. The van der Waals surface area contributed by atoms with Crippen molar-refractivity contribution in [2.45, 2.75) is 38.1 Å². The third kappa shape index (κ3) is 5.34. The van der Waals surface area contributed by atoms with Crippen LogP contribution in [0.3, 0.4) is 0 Å². The molecule has 1 fully saturated rings. The van der Waals surface area contributed by atoms with Crippen LogP contribution >= 0.6 is 24.0 Å². The fourth-order valence-corrected chi connectivity index (χ4v) is 2.88. The smallest absolute Gasteiger partial charge is 0.222 e. The van der Waals surface area contributed by atoms with Gasteiger partial charge in [-0.05, 0) is 37.8 Å². The second-order valence-corrected chi connectivity index (χ2v) is 5.76. The summed E-state index contributed by atoms with van der Waals surface area (Å²) in [6.45, 7) is 1.89. The Morgan fingerprint density at radius 1 is 1.36 bits per heavy atom. The van der Waals surface area contributed by atoms with E-state index in [-0.39, 0.29) is 24.4 Å². The number of nitrogens with zero attached hydrogens (tertiary/aromatic N) is 1. The van der Waals surface area contributed by atoms with Gasteiger partial charge >= 0.3 is 0 Å². The minimum absolute atomic E-state index is 0. The number of benzene rings is 1. The molecule has 1 aliphatic rings. The Labute approximate surface area is 143 Å². The van der Waals surface area contributed by atoms with E-state index < -0.39 is 0 Å². The lowest BCUT2D eigenvalue weighted by Crippen LogP contribution is -2.47. The van der Waals surface area contributed by atoms with Crippen LogP contribution in [0, 0.1) is 0 Å². The van der Waals surface area contributed by atoms with Gasteiger partial charge in [0, 0.05) is 25.6 Å². The van der Waals surface area contributed by atoms with E-state index in [2.05, 4.69) is 0 Å². The molecule has 1 amide bonds. The van der Waals surface area contributed by atoms with Crippen molar-refractivity contribution in [2.24, 2.45) is 5.73 Å². The number of hydrogen-bond donors (Lipinski definition) is 1. The maximum absolute atomic E-state index is 12.2. The topological polar surface area (TPSA) is 55.6 Å². The predicted molar refractivity (Wildman–Crippen MR) is 91.8 cm³/mol. The highest BCUT2D eigenvalue weighted by atomic mass is 35.5. The highest BCUT2D eigenvalue weighted by Gasteiger charge is 2.24. The summed E-state index contributed by atoms with van der Waals surface area (Å²) in [5, 5.41) is 0.600. The van der Waals surface area contributed by atoms with Crippen molar-refractivity contribution < 1.29 is 9.53 Å². The van der Waals surface area contributed by atoms with E-state index in [1.54, 1.807) is 6.07 Å². The van der Waals surface area contributed by atoms with Crippen LogP contribution in [0.2, 0.25) is 5.02 Å². The normalized spacial score (nSPS) is 17.7. The molecule has 1 aromatic carbocycles. The van der Waals surface area contributed by atoms with Crippen LogP contribution in [-0.2, 0) is 4.79 Å². The number of para-hydroxylation sites is 1. The van der Waals surface area contributed by atoms with Gasteiger partial charge in [0.2, 0.25) is 5.91 Å². The van der Waals surface area contributed by atoms with Gasteiger partial charge in [0.1, 0.15) is 5.75 Å². The maximum atomic E-state index is 12.2. The number of piperidine rings is 1. The van der Waals surface area contributed by atoms with Crippen LogP contribution in [0.4, 0.5) is 0 Å². The first-order valence-electron chi connectivity index (χ1n) is 7.59. The third-order valence-corrected chi connectivity index (χ3v) is 4.16. The number of likely N-dealkylation sites (tertiary alicyclic amines) is 1. The van der Waals surface area contributed by atoms with Crippen molar-refractivity contribution in [3.05, 3.63) is 29.3 Å². The molecule has 4 nitrogen and oxygen atoms in total. The lowest BCUT2D eigenvalue weighted by molar-refractivity contribution is -0.134. The lowest BCUT2D eigenvalue weighted by Gasteiger charge is -2.35. The largest absolute Gasteiger partial charge is 0.492 e. The van der Waals surface area contributed by atoms with Crippen molar-refractivity contribution >= 4 is 29.9 Å². The molecule has 2 rings (SSSR count). The number of halogens is 2. The van der Waals surface area contributed by atoms with Gasteiger partial charge < -0.3 is 15.4 Å². The van der Waals surface area contributed by atoms with Crippen LogP contribution in [0.25, 0.3) is 0 Å². The van der Waals surface area contributed by atoms with Gasteiger partial charge in [-0.1, -0.05) is 23.7 Å². The van der Waals surface area contributed by atoms with Gasteiger partial charge in [-0.15, -0.1) is 12.4 Å². The minimum atomic E-state index is 0. The SMILES string of the molecule is Cl.NCC1CCCCN1C(=O)CCCOc1ccccc1Cl. The molecule has 0 saturated carbocycles. The van der Waals surface area contributed by atoms with Crippen LogP contribution in [-0.4, -0.2) is 36.5 Å². The summed E-state index contributed by atoms with van der Waals surface area (Å²) in [4.78, 5) is 14.2. The van der Waals surface area contributed by atoms with Crippen molar-refractivity contribution in [1.29, 1.82) is 0 Å². The summed E-state index contributed by atoms with van der Waals surface area (Å²) in [7, 11) is 0. The summed E-state index contributed by atoms with van der Waals surface area (Å²) in [6.07, 6.45) is 4.47. The van der Waals surface area contributed by atoms with Crippen molar-refractivity contribution in [3.8, 4) is 5.75 Å². The Kier molecular flexibility index (Phi) is 8.61. The van der Waals surface area contributed by atoms with Gasteiger partial charge in [-0.3, -0.25) is 4.79 Å². The Hall–Kier alpha value is -0.970. The highest BCUT2D eigenvalue weighted by molar-refractivity contribution is 6.32. The second-order valence-electron chi connectivity index (χ2n) is 5.35. The van der Waals surface area contributed by atoms with Gasteiger partial charge in [0.05, 0.1) is 11.6 Å². The zero-order valence-electron chi connectivity index (χ0n) is 12.7. The Morgan fingerprint density at radius 2 is 2.14 bits per heavy atom. The number of ether oxygens (including phenoxy) is 1. The number of rotatable bonds is 6. The van der Waals surface area contributed by atoms with Gasteiger partial charge in [0.25, 0.3) is 0 Å². The molecule has 0 radical (unpaired) electrons. The molecule has 1 unspecified atom stereocenters. The fraction of sp³-hybridized carbons (Fsp3) is 0.562. The fourth-order valence-electron chi connectivity index (χ4n) is 2.68. The maximum Gasteiger partial charge on any atom is 0.222 e. The van der Waals surface area contributed by atoms with Crippen molar-refractivity contribution in [2.75, 3.05) is 19.7 Å². The summed E-state index contributed by atoms with van der Waals surface area (Å²) < 4.78 is 5.60. The molecule has 0 aliphatic carbocycles. The van der Waals surface area contributed by atoms with Gasteiger partial charge in [-0.25, -0.2) is 0 Å². The molecule has 1 saturated heterocycles. The van der Waals surface area contributed by atoms with Crippen LogP contribution in [0.15, 0.2) is 24.3 Å². The molecule has 2 N–H and O–H groups in total. The monoisotopic (exact) mass is 346 g/mol. The average molecular weight is 347 g/mol. The van der Waals surface area contributed by atoms with E-state index in [1.807, 2.05) is 23.1 Å². The molecule has 1 atom stereocenters. The van der Waals surface area contributed by atoms with Crippen molar-refractivity contribution in [3.63, 3.8) is 0 Å². The molecule has 1 heterocycles. The third-order valence-electron chi connectivity index (χ3n) is 3.85. The Balaban J connectivity index is 0.00000242. The number of carbonyl (C=O) groups excluding carboxylic acids is 1. The molecule has 1 aliphatic heterocycles. The second kappa shape index (κ2) is 9.93. The first-order valence-corrected chi connectivity index (χ1v) is 7.97. The molecule has 0 aromatic heterocycles. The van der Waals surface area contributed by atoms with Crippen LogP contribution in [0.1, 0.15) is 32.1 Å². The average Bonchev–Trinajstić information content (AvgIpc) is 2.52. The molecule has 6 heteroatoms. The Morgan fingerprint density at radius 3 is 2.86 bits per heavy atom. The van der Waals surface area contributed by atoms with E-state index in [0.717, 1.165) is 19.4 Å². The molecular formula is C16H24Cl2N2O2. The standard InChI is InChI=1S/C16H23ClN2O2.ClH/c17-14-7-1-2-8-15(14)21-11-5-9-16(20)19-10-4-3-6-13(19)12-18;/h1-2,7-8,13H,3-6,9-12,18H2;1H. The summed E-state index contributed by atoms with van der Waals surface area (Å²) in [5.74, 6) is 0.859. The van der Waals surface area contributed by atoms with Gasteiger partial charge in [0.15, 0.2) is 0 Å². The highest BCUT2D eigenvalue weighted by Crippen LogP contribution is 2.23. The number of amides is 1. The number of hydrogen-bond acceptors (Lipinski definition) is 3. The summed E-state index contributed by atoms with van der Waals surface area (Å²) in [6, 6.07) is 7.59. The molecule has 22 heavy (non-hydrogen) atoms.